The molecule has 1 atom stereocenters. The van der Waals surface area contributed by atoms with Crippen LogP contribution in [0.3, 0.4) is 0 Å². The zero-order chi connectivity index (χ0) is 19.4. The first-order valence-corrected chi connectivity index (χ1v) is 8.36. The number of ether oxygens (including phenoxy) is 1. The van der Waals surface area contributed by atoms with Crippen LogP contribution in [0.15, 0.2) is 65.3 Å². The highest BCUT2D eigenvalue weighted by Crippen LogP contribution is 2.22. The number of nitrogens with one attached hydrogen (secondary N) is 1. The molecule has 0 fully saturated rings. The second-order valence-corrected chi connectivity index (χ2v) is 6.06. The summed E-state index contributed by atoms with van der Waals surface area (Å²) in [6, 6.07) is 13.8. The van der Waals surface area contributed by atoms with E-state index in [1.807, 2.05) is 6.92 Å². The van der Waals surface area contributed by atoms with Crippen molar-refractivity contribution >= 4 is 17.6 Å². The van der Waals surface area contributed by atoms with Gasteiger partial charge >= 0.3 is 5.97 Å². The van der Waals surface area contributed by atoms with Gasteiger partial charge in [-0.1, -0.05) is 18.2 Å². The second-order valence-electron chi connectivity index (χ2n) is 6.06. The van der Waals surface area contributed by atoms with Crippen LogP contribution in [-0.2, 0) is 4.74 Å². The molecule has 27 heavy (non-hydrogen) atoms. The average molecular weight is 367 g/mol. The molecule has 138 valence electrons. The number of halogens is 1. The molecule has 3 rings (SSSR count). The Balaban J connectivity index is 1.73. The number of rotatable bonds is 5. The Kier molecular flexibility index (Phi) is 5.35. The molecular weight excluding hydrogens is 349 g/mol. The summed E-state index contributed by atoms with van der Waals surface area (Å²) in [5.41, 5.74) is 2.26. The quantitative estimate of drug-likeness (QED) is 0.652. The van der Waals surface area contributed by atoms with Crippen molar-refractivity contribution in [1.82, 2.24) is 0 Å². The number of hydrogen-bond donors (Lipinski definition) is 1. The summed E-state index contributed by atoms with van der Waals surface area (Å²) in [5, 5.41) is 2.72. The minimum absolute atomic E-state index is 0.173. The van der Waals surface area contributed by atoms with Crippen LogP contribution in [0.1, 0.15) is 45.1 Å². The van der Waals surface area contributed by atoms with Crippen molar-refractivity contribution in [3.63, 3.8) is 0 Å². The third-order valence-electron chi connectivity index (χ3n) is 4.09. The summed E-state index contributed by atoms with van der Waals surface area (Å²) in [5.74, 6) is -1.13. The van der Waals surface area contributed by atoms with Crippen LogP contribution in [-0.4, -0.2) is 11.9 Å². The lowest BCUT2D eigenvalue weighted by Crippen LogP contribution is -2.14. The van der Waals surface area contributed by atoms with E-state index in [0.717, 1.165) is 5.56 Å². The predicted octanol–water partition coefficient (Wildman–Crippen LogP) is 4.90. The molecule has 0 radical (unpaired) electrons. The molecule has 6 heteroatoms. The highest BCUT2D eigenvalue weighted by Gasteiger charge is 2.16. The summed E-state index contributed by atoms with van der Waals surface area (Å²) in [7, 11) is 0. The highest BCUT2D eigenvalue weighted by molar-refractivity contribution is 6.03. The maximum Gasteiger partial charge on any atom is 0.338 e. The van der Waals surface area contributed by atoms with Crippen LogP contribution in [0.25, 0.3) is 0 Å². The van der Waals surface area contributed by atoms with Gasteiger partial charge in [-0.05, 0) is 61.4 Å². The van der Waals surface area contributed by atoms with E-state index in [-0.39, 0.29) is 11.6 Å². The molecule has 0 aliphatic rings. The zero-order valence-electron chi connectivity index (χ0n) is 14.9. The van der Waals surface area contributed by atoms with E-state index in [9.17, 15) is 14.0 Å². The Morgan fingerprint density at radius 3 is 2.52 bits per heavy atom. The van der Waals surface area contributed by atoms with Gasteiger partial charge in [0.15, 0.2) is 5.76 Å². The number of hydrogen-bond acceptors (Lipinski definition) is 4. The summed E-state index contributed by atoms with van der Waals surface area (Å²) in [6.45, 7) is 3.52. The molecular formula is C21H18FNO4. The van der Waals surface area contributed by atoms with Crippen LogP contribution in [0, 0.1) is 12.7 Å². The lowest BCUT2D eigenvalue weighted by Gasteiger charge is -2.15. The lowest BCUT2D eigenvalue weighted by atomic mass is 10.1. The predicted molar refractivity (Wildman–Crippen MR) is 98.1 cm³/mol. The molecule has 0 unspecified atom stereocenters. The summed E-state index contributed by atoms with van der Waals surface area (Å²) >= 11 is 0. The molecule has 0 aliphatic carbocycles. The first-order valence-electron chi connectivity index (χ1n) is 8.36. The topological polar surface area (TPSA) is 68.5 Å². The number of carbonyl (C=O) groups excluding carboxylic acids is 2. The first-order chi connectivity index (χ1) is 12.9. The number of furan rings is 1. The summed E-state index contributed by atoms with van der Waals surface area (Å²) < 4.78 is 23.5. The van der Waals surface area contributed by atoms with Crippen LogP contribution >= 0.6 is 0 Å². The van der Waals surface area contributed by atoms with E-state index < -0.39 is 18.0 Å². The van der Waals surface area contributed by atoms with Gasteiger partial charge in [0.25, 0.3) is 5.91 Å². The van der Waals surface area contributed by atoms with Gasteiger partial charge in [-0.15, -0.1) is 0 Å². The van der Waals surface area contributed by atoms with Gasteiger partial charge in [0.2, 0.25) is 0 Å². The maximum atomic E-state index is 13.0. The van der Waals surface area contributed by atoms with E-state index in [0.29, 0.717) is 16.8 Å². The molecule has 0 aliphatic heterocycles. The average Bonchev–Trinajstić information content (AvgIpc) is 3.18. The van der Waals surface area contributed by atoms with Crippen molar-refractivity contribution in [2.45, 2.75) is 20.0 Å². The minimum atomic E-state index is -0.541. The van der Waals surface area contributed by atoms with Gasteiger partial charge in [-0.3, -0.25) is 4.79 Å². The zero-order valence-corrected chi connectivity index (χ0v) is 14.9. The maximum absolute atomic E-state index is 13.0. The van der Waals surface area contributed by atoms with Crippen molar-refractivity contribution in [3.8, 4) is 0 Å². The highest BCUT2D eigenvalue weighted by atomic mass is 19.1. The fourth-order valence-corrected chi connectivity index (χ4v) is 2.51. The molecule has 1 N–H and O–H groups in total. The van der Waals surface area contributed by atoms with Crippen LogP contribution < -0.4 is 5.32 Å². The van der Waals surface area contributed by atoms with Crippen LogP contribution in [0.2, 0.25) is 0 Å². The van der Waals surface area contributed by atoms with Gasteiger partial charge in [0.05, 0.1) is 11.8 Å². The number of benzene rings is 2. The molecule has 2 aromatic carbocycles. The van der Waals surface area contributed by atoms with E-state index in [4.69, 9.17) is 9.15 Å². The van der Waals surface area contributed by atoms with Gasteiger partial charge in [-0.25, -0.2) is 9.18 Å². The van der Waals surface area contributed by atoms with Gasteiger partial charge in [0.1, 0.15) is 11.9 Å². The van der Waals surface area contributed by atoms with Crippen molar-refractivity contribution in [1.29, 1.82) is 0 Å². The molecule has 3 aromatic rings. The number of anilines is 1. The fourth-order valence-electron chi connectivity index (χ4n) is 2.51. The SMILES string of the molecule is Cc1ccc(C(=O)O[C@@H](C)c2ccc(F)cc2)cc1NC(=O)c1ccco1. The minimum Gasteiger partial charge on any atom is -0.459 e. The van der Waals surface area contributed by atoms with E-state index in [1.165, 1.54) is 18.4 Å². The Bertz CT molecular complexity index is 949. The van der Waals surface area contributed by atoms with E-state index in [2.05, 4.69) is 5.32 Å². The molecule has 0 saturated heterocycles. The van der Waals surface area contributed by atoms with Gasteiger partial charge < -0.3 is 14.5 Å². The smallest absolute Gasteiger partial charge is 0.338 e. The standard InChI is InChI=1S/C21H18FNO4/c1-13-5-6-16(12-18(13)23-20(24)19-4-3-11-26-19)21(25)27-14(2)15-7-9-17(22)10-8-15/h3-12,14H,1-2H3,(H,23,24)/t14-/m0/s1. The monoisotopic (exact) mass is 367 g/mol. The third kappa shape index (κ3) is 4.41. The van der Waals surface area contributed by atoms with Crippen molar-refractivity contribution in [3.05, 3.63) is 89.1 Å². The number of amides is 1. The number of esters is 1. The normalized spacial score (nSPS) is 11.7. The van der Waals surface area contributed by atoms with Crippen molar-refractivity contribution in [2.75, 3.05) is 5.32 Å². The molecule has 5 nitrogen and oxygen atoms in total. The lowest BCUT2D eigenvalue weighted by molar-refractivity contribution is 0.0337. The first kappa shape index (κ1) is 18.4. The molecule has 1 heterocycles. The Labute approximate surface area is 155 Å². The number of carbonyl (C=O) groups is 2. The van der Waals surface area contributed by atoms with Crippen molar-refractivity contribution in [2.24, 2.45) is 0 Å². The second kappa shape index (κ2) is 7.86. The Morgan fingerprint density at radius 1 is 1.11 bits per heavy atom. The molecule has 0 saturated carbocycles. The van der Waals surface area contributed by atoms with Crippen LogP contribution in [0.5, 0.6) is 0 Å². The summed E-state index contributed by atoms with van der Waals surface area (Å²) in [4.78, 5) is 24.6. The third-order valence-corrected chi connectivity index (χ3v) is 4.09. The number of aryl methyl sites for hydroxylation is 1. The summed E-state index contributed by atoms with van der Waals surface area (Å²) in [6.07, 6.45) is 0.868. The molecule has 0 bridgehead atoms. The van der Waals surface area contributed by atoms with E-state index >= 15 is 0 Å². The van der Waals surface area contributed by atoms with Crippen LogP contribution in [0.4, 0.5) is 10.1 Å². The molecule has 1 aromatic heterocycles. The van der Waals surface area contributed by atoms with Crippen molar-refractivity contribution < 1.29 is 23.1 Å². The van der Waals surface area contributed by atoms with Gasteiger partial charge in [0, 0.05) is 5.69 Å². The fraction of sp³-hybridized carbons (Fsp3) is 0.143. The Morgan fingerprint density at radius 2 is 1.85 bits per heavy atom. The molecule has 0 spiro atoms. The van der Waals surface area contributed by atoms with Gasteiger partial charge in [-0.2, -0.15) is 0 Å². The molecule has 1 amide bonds. The van der Waals surface area contributed by atoms with E-state index in [1.54, 1.807) is 49.4 Å². The largest absolute Gasteiger partial charge is 0.459 e. The Hall–Kier alpha value is -3.41.